The molecule has 1 aliphatic carbocycles. The fourth-order valence-corrected chi connectivity index (χ4v) is 1.10. The van der Waals surface area contributed by atoms with Gasteiger partial charge in [-0.1, -0.05) is 0 Å². The van der Waals surface area contributed by atoms with Gasteiger partial charge in [0.2, 0.25) is 0 Å². The summed E-state index contributed by atoms with van der Waals surface area (Å²) in [4.78, 5) is 14.4. The molecule has 1 aromatic rings. The summed E-state index contributed by atoms with van der Waals surface area (Å²) in [6, 6.07) is 0. The number of nitrogens with one attached hydrogen (secondary N) is 1. The van der Waals surface area contributed by atoms with Crippen molar-refractivity contribution in [1.82, 2.24) is 15.2 Å². The van der Waals surface area contributed by atoms with Gasteiger partial charge in [0.25, 0.3) is 0 Å². The van der Waals surface area contributed by atoms with Gasteiger partial charge >= 0.3 is 18.9 Å². The molecular weight excluding hydrogens is 153 g/mol. The zero-order valence-electron chi connectivity index (χ0n) is 6.70. The van der Waals surface area contributed by atoms with Gasteiger partial charge in [-0.15, -0.1) is 0 Å². The van der Waals surface area contributed by atoms with Crippen LogP contribution in [-0.4, -0.2) is 21.2 Å². The van der Waals surface area contributed by atoms with E-state index < -0.39 is 11.4 Å². The second kappa shape index (κ2) is 2.92. The number of H-pyrrole nitrogens is 1. The number of nitrogens with zero attached hydrogens (tertiary/aromatic N) is 2. The van der Waals surface area contributed by atoms with Crippen LogP contribution in [0.2, 0.25) is 0 Å². The normalized spacial score (nSPS) is 18.0. The Morgan fingerprint density at radius 3 is 2.67 bits per heavy atom. The van der Waals surface area contributed by atoms with E-state index >= 15 is 0 Å². The van der Waals surface area contributed by atoms with Crippen molar-refractivity contribution in [2.75, 3.05) is 0 Å². The van der Waals surface area contributed by atoms with Crippen molar-refractivity contribution < 1.29 is 28.8 Å². The zero-order chi connectivity index (χ0) is 7.90. The van der Waals surface area contributed by atoms with Crippen LogP contribution in [0.15, 0.2) is 6.33 Å². The first kappa shape index (κ1) is 9.30. The monoisotopic (exact) mass is 159 g/mol. The molecule has 0 unspecified atom stereocenters. The maximum absolute atomic E-state index is 10.6. The van der Waals surface area contributed by atoms with Gasteiger partial charge in [-0.2, -0.15) is 5.10 Å². The number of hydrogen-bond donors (Lipinski definition) is 1. The van der Waals surface area contributed by atoms with Gasteiger partial charge in [-0.3, -0.25) is 5.10 Å². The minimum atomic E-state index is -1.06. The minimum absolute atomic E-state index is 0. The molecular formula is C6H6LiN3O2. The number of aromatic amines is 1. The standard InChI is InChI=1S/C6H7N3O2.Li/c10-5(11)6(1-2-6)4-7-3-8-9-4;/h3H,1-2H2,(H,10,11)(H,7,8,9);/q;+1/p-1. The SMILES string of the molecule is O=C([O-])C1(c2ncn[nH]2)CC1.[Li+]. The van der Waals surface area contributed by atoms with E-state index in [-0.39, 0.29) is 18.9 Å². The van der Waals surface area contributed by atoms with E-state index in [0.717, 1.165) is 0 Å². The number of carboxylic acid groups (broad SMARTS) is 1. The molecule has 0 saturated heterocycles. The fourth-order valence-electron chi connectivity index (χ4n) is 1.10. The van der Waals surface area contributed by atoms with E-state index in [4.69, 9.17) is 0 Å². The number of hydrogen-bond acceptors (Lipinski definition) is 4. The average molecular weight is 159 g/mol. The maximum Gasteiger partial charge on any atom is 1.00 e. The number of aliphatic carboxylic acids is 1. The number of carbonyl (C=O) groups excluding carboxylic acids is 1. The summed E-state index contributed by atoms with van der Waals surface area (Å²) in [5.41, 5.74) is -0.851. The molecule has 0 radical (unpaired) electrons. The van der Waals surface area contributed by atoms with Gasteiger partial charge in [0, 0.05) is 0 Å². The largest absolute Gasteiger partial charge is 1.00 e. The Morgan fingerprint density at radius 2 is 2.33 bits per heavy atom. The van der Waals surface area contributed by atoms with Gasteiger partial charge in [0.1, 0.15) is 12.2 Å². The van der Waals surface area contributed by atoms with Crippen LogP contribution in [0.5, 0.6) is 0 Å². The summed E-state index contributed by atoms with van der Waals surface area (Å²) < 4.78 is 0. The van der Waals surface area contributed by atoms with Gasteiger partial charge in [-0.25, -0.2) is 4.98 Å². The van der Waals surface area contributed by atoms with Gasteiger partial charge in [0.05, 0.1) is 11.4 Å². The van der Waals surface area contributed by atoms with Crippen molar-refractivity contribution in [3.63, 3.8) is 0 Å². The van der Waals surface area contributed by atoms with Gasteiger partial charge in [0.15, 0.2) is 0 Å². The predicted octanol–water partition coefficient (Wildman–Crippen LogP) is -4.41. The molecule has 1 fully saturated rings. The van der Waals surface area contributed by atoms with Crippen LogP contribution in [-0.2, 0) is 10.2 Å². The van der Waals surface area contributed by atoms with Crippen LogP contribution in [0.25, 0.3) is 0 Å². The van der Waals surface area contributed by atoms with Crippen molar-refractivity contribution in [3.8, 4) is 0 Å². The van der Waals surface area contributed by atoms with Crippen molar-refractivity contribution in [2.24, 2.45) is 0 Å². The topological polar surface area (TPSA) is 81.7 Å². The van der Waals surface area contributed by atoms with E-state index in [1.165, 1.54) is 6.33 Å². The van der Waals surface area contributed by atoms with E-state index in [2.05, 4.69) is 15.2 Å². The summed E-state index contributed by atoms with van der Waals surface area (Å²) in [5, 5.41) is 16.7. The van der Waals surface area contributed by atoms with Crippen LogP contribution in [0.3, 0.4) is 0 Å². The van der Waals surface area contributed by atoms with Crippen molar-refractivity contribution >= 4 is 5.97 Å². The molecule has 1 aromatic heterocycles. The molecule has 1 aliphatic rings. The molecule has 6 heteroatoms. The molecule has 0 aliphatic heterocycles. The van der Waals surface area contributed by atoms with Gasteiger partial charge < -0.3 is 9.90 Å². The smallest absolute Gasteiger partial charge is 0.549 e. The molecule has 1 N–H and O–H groups in total. The first-order chi connectivity index (χ1) is 5.26. The number of rotatable bonds is 2. The molecule has 0 spiro atoms. The molecule has 0 aromatic carbocycles. The summed E-state index contributed by atoms with van der Waals surface area (Å²) in [7, 11) is 0. The Hall–Kier alpha value is -0.793. The molecule has 0 amide bonds. The van der Waals surface area contributed by atoms with Crippen LogP contribution in [0.1, 0.15) is 18.7 Å². The Bertz CT molecular complexity index is 281. The molecule has 12 heavy (non-hydrogen) atoms. The third-order valence-corrected chi connectivity index (χ3v) is 2.01. The summed E-state index contributed by atoms with van der Waals surface area (Å²) >= 11 is 0. The fraction of sp³-hybridized carbons (Fsp3) is 0.500. The Kier molecular flexibility index (Phi) is 2.26. The van der Waals surface area contributed by atoms with Crippen molar-refractivity contribution in [3.05, 3.63) is 12.2 Å². The number of carbonyl (C=O) groups is 1. The van der Waals surface area contributed by atoms with Crippen molar-refractivity contribution in [2.45, 2.75) is 18.3 Å². The van der Waals surface area contributed by atoms with Gasteiger partial charge in [-0.05, 0) is 12.8 Å². The number of carboxylic acids is 1. The summed E-state index contributed by atoms with van der Waals surface area (Å²) in [5.74, 6) is -0.647. The van der Waals surface area contributed by atoms with E-state index in [9.17, 15) is 9.90 Å². The number of aromatic nitrogens is 3. The third-order valence-electron chi connectivity index (χ3n) is 2.01. The van der Waals surface area contributed by atoms with E-state index in [1.807, 2.05) is 0 Å². The summed E-state index contributed by atoms with van der Waals surface area (Å²) in [6.07, 6.45) is 2.51. The molecule has 2 rings (SSSR count). The quantitative estimate of drug-likeness (QED) is 0.441. The van der Waals surface area contributed by atoms with Crippen LogP contribution >= 0.6 is 0 Å². The second-order valence-electron chi connectivity index (χ2n) is 2.70. The molecule has 58 valence electrons. The minimum Gasteiger partial charge on any atom is -0.549 e. The van der Waals surface area contributed by atoms with Crippen molar-refractivity contribution in [1.29, 1.82) is 0 Å². The molecule has 1 saturated carbocycles. The predicted molar refractivity (Wildman–Crippen MR) is 32.3 cm³/mol. The van der Waals surface area contributed by atoms with E-state index in [0.29, 0.717) is 18.7 Å². The first-order valence-corrected chi connectivity index (χ1v) is 3.33. The maximum atomic E-state index is 10.6. The molecule has 1 heterocycles. The van der Waals surface area contributed by atoms with E-state index in [1.54, 1.807) is 0 Å². The second-order valence-corrected chi connectivity index (χ2v) is 2.70. The van der Waals surface area contributed by atoms with Crippen LogP contribution in [0, 0.1) is 0 Å². The van der Waals surface area contributed by atoms with Crippen LogP contribution < -0.4 is 24.0 Å². The zero-order valence-corrected chi connectivity index (χ0v) is 6.70. The Labute approximate surface area is 80.8 Å². The average Bonchev–Trinajstić information content (AvgIpc) is 2.61. The van der Waals surface area contributed by atoms with Crippen LogP contribution in [0.4, 0.5) is 0 Å². The first-order valence-electron chi connectivity index (χ1n) is 3.33. The Morgan fingerprint density at radius 1 is 1.67 bits per heavy atom. The third kappa shape index (κ3) is 1.15. The molecule has 0 atom stereocenters. The Balaban J connectivity index is 0.000000720. The molecule has 0 bridgehead atoms. The summed E-state index contributed by atoms with van der Waals surface area (Å²) in [6.45, 7) is 0. The molecule has 5 nitrogen and oxygen atoms in total.